The fourth-order valence-electron chi connectivity index (χ4n) is 9.28. The Morgan fingerprint density at radius 1 is 0.338 bits per heavy atom. The Morgan fingerprint density at radius 2 is 0.723 bits per heavy atom. The number of hydrogen-bond donors (Lipinski definition) is 1. The van der Waals surface area contributed by atoms with Crippen LogP contribution < -0.4 is 9.80 Å². The van der Waals surface area contributed by atoms with Crippen LogP contribution in [-0.4, -0.2) is 4.98 Å². The average molecular weight is 852 g/mol. The second kappa shape index (κ2) is 16.1. The van der Waals surface area contributed by atoms with Gasteiger partial charge in [0.25, 0.3) is 0 Å². The molecule has 3 nitrogen and oxygen atoms in total. The maximum Gasteiger partial charge on any atom is 0.0544 e. The van der Waals surface area contributed by atoms with Gasteiger partial charge >= 0.3 is 0 Å². The molecule has 65 heavy (non-hydrogen) atoms. The first kappa shape index (κ1) is 43.7. The number of H-pyrrole nitrogens is 1. The second-order valence-electron chi connectivity index (χ2n) is 22.2. The average Bonchev–Trinajstić information content (AvgIpc) is 3.66. The molecule has 0 aliphatic rings. The van der Waals surface area contributed by atoms with Gasteiger partial charge in [0.2, 0.25) is 0 Å². The summed E-state index contributed by atoms with van der Waals surface area (Å²) >= 11 is 0. The minimum atomic E-state index is 0.0277. The van der Waals surface area contributed by atoms with Crippen molar-refractivity contribution in [2.75, 3.05) is 9.80 Å². The number of aromatic amines is 1. The summed E-state index contributed by atoms with van der Waals surface area (Å²) in [5.74, 6) is 0. The van der Waals surface area contributed by atoms with Gasteiger partial charge in [-0.05, 0) is 133 Å². The van der Waals surface area contributed by atoms with Gasteiger partial charge in [0.05, 0.1) is 5.52 Å². The SMILES string of the molecule is CC(C)(C)c1ccc(N(c2ccc(C(C)(C)C)cc2)c2cc(-c3cccc4c3[nH]c3ccc5ccccc5c34)cc(N(c3ccc(C(C)(C)C)cc3)c3ccc(C(C)(C)C)cc3)c2)cc1. The van der Waals surface area contributed by atoms with Crippen molar-refractivity contribution in [1.29, 1.82) is 0 Å². The lowest BCUT2D eigenvalue weighted by molar-refractivity contribution is 0.590. The summed E-state index contributed by atoms with van der Waals surface area (Å²) in [6.45, 7) is 27.4. The fourth-order valence-corrected chi connectivity index (χ4v) is 9.28. The van der Waals surface area contributed by atoms with E-state index in [-0.39, 0.29) is 21.7 Å². The maximum absolute atomic E-state index is 3.92. The van der Waals surface area contributed by atoms with E-state index in [1.807, 2.05) is 0 Å². The van der Waals surface area contributed by atoms with Crippen LogP contribution in [0.1, 0.15) is 105 Å². The number of anilines is 6. The Morgan fingerprint density at radius 3 is 1.12 bits per heavy atom. The monoisotopic (exact) mass is 852 g/mol. The standard InChI is InChI=1S/C62H65N3/c1-59(2,3)43-21-29-47(30-22-43)64(48-31-23-44(24-32-48)60(4,5)6)51-38-42(54-18-15-19-55-57-53-17-14-13-16-41(53)20-37-56(57)63-58(54)55)39-52(40-51)65(49-33-25-45(26-34-49)61(7,8)9)50-35-27-46(28-36-50)62(10,11)12/h13-40,63H,1-12H3. The first-order valence-corrected chi connectivity index (χ1v) is 23.3. The fraction of sp³-hybridized carbons (Fsp3) is 0.258. The van der Waals surface area contributed by atoms with Gasteiger partial charge in [0, 0.05) is 56.0 Å². The topological polar surface area (TPSA) is 22.3 Å². The number of rotatable bonds is 7. The van der Waals surface area contributed by atoms with Crippen LogP contribution in [0.2, 0.25) is 0 Å². The van der Waals surface area contributed by atoms with Gasteiger partial charge in [-0.1, -0.05) is 180 Å². The van der Waals surface area contributed by atoms with Crippen LogP contribution in [0.4, 0.5) is 34.1 Å². The highest BCUT2D eigenvalue weighted by Crippen LogP contribution is 2.46. The molecule has 1 N–H and O–H groups in total. The van der Waals surface area contributed by atoms with Crippen molar-refractivity contribution in [2.45, 2.75) is 105 Å². The van der Waals surface area contributed by atoms with Crippen LogP contribution in [-0.2, 0) is 21.7 Å². The van der Waals surface area contributed by atoms with Crippen LogP contribution in [0, 0.1) is 0 Å². The molecule has 0 amide bonds. The molecule has 0 unspecified atom stereocenters. The van der Waals surface area contributed by atoms with E-state index >= 15 is 0 Å². The first-order valence-electron chi connectivity index (χ1n) is 23.3. The molecule has 0 saturated heterocycles. The van der Waals surface area contributed by atoms with Crippen LogP contribution in [0.15, 0.2) is 170 Å². The zero-order chi connectivity index (χ0) is 46.1. The van der Waals surface area contributed by atoms with E-state index in [9.17, 15) is 0 Å². The predicted octanol–water partition coefficient (Wildman–Crippen LogP) is 18.3. The number of fused-ring (bicyclic) bond motifs is 5. The van der Waals surface area contributed by atoms with Gasteiger partial charge in [-0.15, -0.1) is 0 Å². The number of hydrogen-bond acceptors (Lipinski definition) is 2. The zero-order valence-corrected chi connectivity index (χ0v) is 40.6. The van der Waals surface area contributed by atoms with Crippen molar-refractivity contribution in [1.82, 2.24) is 4.98 Å². The van der Waals surface area contributed by atoms with Crippen molar-refractivity contribution < 1.29 is 0 Å². The van der Waals surface area contributed by atoms with Crippen molar-refractivity contribution in [2.24, 2.45) is 0 Å². The van der Waals surface area contributed by atoms with E-state index in [0.717, 1.165) is 56.3 Å². The van der Waals surface area contributed by atoms with E-state index in [1.165, 1.54) is 43.8 Å². The summed E-state index contributed by atoms with van der Waals surface area (Å²) in [7, 11) is 0. The third-order valence-corrected chi connectivity index (χ3v) is 13.2. The summed E-state index contributed by atoms with van der Waals surface area (Å²) in [6.07, 6.45) is 0. The van der Waals surface area contributed by atoms with Gasteiger partial charge in [-0.3, -0.25) is 0 Å². The number of nitrogens with one attached hydrogen (secondary N) is 1. The van der Waals surface area contributed by atoms with Crippen LogP contribution in [0.3, 0.4) is 0 Å². The molecule has 1 heterocycles. The van der Waals surface area contributed by atoms with Crippen molar-refractivity contribution in [3.05, 3.63) is 192 Å². The summed E-state index contributed by atoms with van der Waals surface area (Å²) in [6, 6.07) is 63.9. The quantitative estimate of drug-likeness (QED) is 0.173. The molecule has 0 bridgehead atoms. The summed E-state index contributed by atoms with van der Waals surface area (Å²) in [4.78, 5) is 8.79. The number of para-hydroxylation sites is 1. The van der Waals surface area contributed by atoms with Gasteiger partial charge in [0.1, 0.15) is 0 Å². The van der Waals surface area contributed by atoms with Crippen LogP contribution >= 0.6 is 0 Å². The van der Waals surface area contributed by atoms with Crippen molar-refractivity contribution in [3.63, 3.8) is 0 Å². The zero-order valence-electron chi connectivity index (χ0n) is 40.6. The lowest BCUT2D eigenvalue weighted by Gasteiger charge is -2.32. The molecule has 0 atom stereocenters. The third kappa shape index (κ3) is 8.57. The highest BCUT2D eigenvalue weighted by atomic mass is 15.2. The van der Waals surface area contributed by atoms with E-state index < -0.39 is 0 Å². The van der Waals surface area contributed by atoms with Crippen LogP contribution in [0.5, 0.6) is 0 Å². The molecule has 0 aliphatic heterocycles. The molecule has 9 aromatic rings. The molecule has 0 fully saturated rings. The molecule has 0 aliphatic carbocycles. The van der Waals surface area contributed by atoms with Gasteiger partial charge in [-0.2, -0.15) is 0 Å². The predicted molar refractivity (Wildman–Crippen MR) is 283 cm³/mol. The highest BCUT2D eigenvalue weighted by molar-refractivity contribution is 6.22. The molecule has 328 valence electrons. The highest BCUT2D eigenvalue weighted by Gasteiger charge is 2.24. The van der Waals surface area contributed by atoms with Crippen molar-refractivity contribution in [3.8, 4) is 11.1 Å². The Labute approximate surface area is 387 Å². The maximum atomic E-state index is 3.92. The molecule has 1 aromatic heterocycles. The molecule has 3 heteroatoms. The van der Waals surface area contributed by atoms with E-state index in [2.05, 4.69) is 268 Å². The molecule has 8 aromatic carbocycles. The van der Waals surface area contributed by atoms with Gasteiger partial charge in [-0.25, -0.2) is 0 Å². The summed E-state index contributed by atoms with van der Waals surface area (Å²) in [5, 5.41) is 4.98. The lowest BCUT2D eigenvalue weighted by atomic mass is 9.86. The van der Waals surface area contributed by atoms with E-state index in [0.29, 0.717) is 0 Å². The Kier molecular flexibility index (Phi) is 10.8. The molecular weight excluding hydrogens is 787 g/mol. The van der Waals surface area contributed by atoms with Gasteiger partial charge in [0.15, 0.2) is 0 Å². The summed E-state index contributed by atoms with van der Waals surface area (Å²) in [5.41, 5.74) is 16.5. The van der Waals surface area contributed by atoms with E-state index in [1.54, 1.807) is 0 Å². The number of nitrogens with zero attached hydrogens (tertiary/aromatic N) is 2. The number of benzene rings is 8. The van der Waals surface area contributed by atoms with Crippen LogP contribution in [0.25, 0.3) is 43.7 Å². The number of aromatic nitrogens is 1. The smallest absolute Gasteiger partial charge is 0.0544 e. The largest absolute Gasteiger partial charge is 0.354 e. The molecule has 0 radical (unpaired) electrons. The molecule has 0 saturated carbocycles. The van der Waals surface area contributed by atoms with E-state index in [4.69, 9.17) is 0 Å². The minimum Gasteiger partial charge on any atom is -0.354 e. The third-order valence-electron chi connectivity index (χ3n) is 13.2. The molecular formula is C62H65N3. The minimum absolute atomic E-state index is 0.0277. The molecule has 0 spiro atoms. The first-order chi connectivity index (χ1) is 30.7. The Hall–Kier alpha value is -6.58. The second-order valence-corrected chi connectivity index (χ2v) is 22.2. The lowest BCUT2D eigenvalue weighted by Crippen LogP contribution is -2.16. The Balaban J connectivity index is 1.34. The molecule has 9 rings (SSSR count). The van der Waals surface area contributed by atoms with Gasteiger partial charge < -0.3 is 14.8 Å². The normalized spacial score (nSPS) is 12.6. The summed E-state index contributed by atoms with van der Waals surface area (Å²) < 4.78 is 0. The Bertz CT molecular complexity index is 2890. The van der Waals surface area contributed by atoms with Crippen molar-refractivity contribution >= 4 is 66.7 Å².